The Balaban J connectivity index is 1.95. The molecule has 1 heterocycles. The van der Waals surface area contributed by atoms with E-state index >= 15 is 0 Å². The van der Waals surface area contributed by atoms with Crippen molar-refractivity contribution >= 4 is 29.3 Å². The summed E-state index contributed by atoms with van der Waals surface area (Å²) in [5.74, 6) is 0. The van der Waals surface area contributed by atoms with Crippen molar-refractivity contribution in [2.24, 2.45) is 0 Å². The molecule has 3 rings (SSSR count). The Bertz CT molecular complexity index is 689. The minimum Gasteiger partial charge on any atom is -0.465 e. The third-order valence-corrected chi connectivity index (χ3v) is 5.16. The number of piperazine rings is 1. The summed E-state index contributed by atoms with van der Waals surface area (Å²) in [6, 6.07) is 15.8. The van der Waals surface area contributed by atoms with Crippen LogP contribution in [0.4, 0.5) is 4.79 Å². The van der Waals surface area contributed by atoms with Crippen LogP contribution in [0, 0.1) is 0 Å². The lowest BCUT2D eigenvalue weighted by molar-refractivity contribution is 0.0584. The van der Waals surface area contributed by atoms with E-state index in [9.17, 15) is 9.90 Å². The molecule has 1 fully saturated rings. The third-order valence-electron chi connectivity index (χ3n) is 4.65. The topological polar surface area (TPSA) is 43.8 Å². The molecule has 2 aromatic rings. The summed E-state index contributed by atoms with van der Waals surface area (Å²) in [5.41, 5.74) is 2.25. The van der Waals surface area contributed by atoms with Crippen LogP contribution >= 0.6 is 23.2 Å². The zero-order valence-corrected chi connectivity index (χ0v) is 15.4. The number of rotatable bonds is 3. The van der Waals surface area contributed by atoms with E-state index in [2.05, 4.69) is 11.8 Å². The van der Waals surface area contributed by atoms with Crippen LogP contribution in [0.15, 0.2) is 48.5 Å². The highest BCUT2D eigenvalue weighted by Crippen LogP contribution is 2.33. The fourth-order valence-corrected chi connectivity index (χ4v) is 3.65. The van der Waals surface area contributed by atoms with Gasteiger partial charge >= 0.3 is 6.09 Å². The van der Waals surface area contributed by atoms with Gasteiger partial charge in [-0.25, -0.2) is 4.79 Å². The average Bonchev–Trinajstić information content (AvgIpc) is 2.59. The average molecular weight is 379 g/mol. The van der Waals surface area contributed by atoms with Crippen molar-refractivity contribution in [1.29, 1.82) is 0 Å². The van der Waals surface area contributed by atoms with Crippen LogP contribution in [0.5, 0.6) is 0 Å². The van der Waals surface area contributed by atoms with Crippen LogP contribution in [-0.2, 0) is 0 Å². The highest BCUT2D eigenvalue weighted by Gasteiger charge is 2.32. The highest BCUT2D eigenvalue weighted by molar-refractivity contribution is 6.30. The minimum atomic E-state index is -0.860. The Kier molecular flexibility index (Phi) is 5.52. The predicted octanol–water partition coefficient (Wildman–Crippen LogP) is 4.77. The summed E-state index contributed by atoms with van der Waals surface area (Å²) in [7, 11) is 0. The largest absolute Gasteiger partial charge is 0.465 e. The first-order chi connectivity index (χ1) is 12.0. The molecule has 1 amide bonds. The maximum Gasteiger partial charge on any atom is 0.407 e. The van der Waals surface area contributed by atoms with Crippen LogP contribution < -0.4 is 0 Å². The molecule has 2 aromatic carbocycles. The van der Waals surface area contributed by atoms with Gasteiger partial charge in [0.1, 0.15) is 0 Å². The van der Waals surface area contributed by atoms with E-state index in [0.717, 1.165) is 11.1 Å². The number of hydrogen-bond acceptors (Lipinski definition) is 2. The van der Waals surface area contributed by atoms with Crippen molar-refractivity contribution in [2.75, 3.05) is 19.6 Å². The van der Waals surface area contributed by atoms with Crippen molar-refractivity contribution in [3.8, 4) is 0 Å². The molecular weight excluding hydrogens is 359 g/mol. The normalized spacial score (nSPS) is 18.6. The Morgan fingerprint density at radius 3 is 1.88 bits per heavy atom. The number of nitrogens with zero attached hydrogens (tertiary/aromatic N) is 2. The van der Waals surface area contributed by atoms with E-state index in [-0.39, 0.29) is 12.1 Å². The molecule has 0 radical (unpaired) electrons. The van der Waals surface area contributed by atoms with Gasteiger partial charge in [-0.2, -0.15) is 0 Å². The first-order valence-corrected chi connectivity index (χ1v) is 8.96. The zero-order valence-electron chi connectivity index (χ0n) is 13.9. The van der Waals surface area contributed by atoms with Crippen LogP contribution in [0.2, 0.25) is 10.0 Å². The van der Waals surface area contributed by atoms with Gasteiger partial charge in [0.15, 0.2) is 0 Å². The van der Waals surface area contributed by atoms with Gasteiger partial charge in [0, 0.05) is 35.7 Å². The second-order valence-electron chi connectivity index (χ2n) is 6.32. The number of carbonyl (C=O) groups is 1. The van der Waals surface area contributed by atoms with Crippen LogP contribution in [-0.4, -0.2) is 46.7 Å². The number of benzene rings is 2. The van der Waals surface area contributed by atoms with Gasteiger partial charge in [-0.3, -0.25) is 4.90 Å². The Morgan fingerprint density at radius 1 is 1.00 bits per heavy atom. The first kappa shape index (κ1) is 18.1. The van der Waals surface area contributed by atoms with Crippen molar-refractivity contribution < 1.29 is 9.90 Å². The van der Waals surface area contributed by atoms with E-state index in [1.54, 1.807) is 0 Å². The second kappa shape index (κ2) is 7.65. The summed E-state index contributed by atoms with van der Waals surface area (Å²) in [5, 5.41) is 10.6. The van der Waals surface area contributed by atoms with Crippen LogP contribution in [0.1, 0.15) is 24.1 Å². The molecule has 0 saturated carbocycles. The van der Waals surface area contributed by atoms with Crippen molar-refractivity contribution in [3.63, 3.8) is 0 Å². The quantitative estimate of drug-likeness (QED) is 0.836. The van der Waals surface area contributed by atoms with Gasteiger partial charge < -0.3 is 10.0 Å². The molecule has 1 saturated heterocycles. The highest BCUT2D eigenvalue weighted by atomic mass is 35.5. The molecular formula is C19H20Cl2N2O2. The Morgan fingerprint density at radius 2 is 1.48 bits per heavy atom. The summed E-state index contributed by atoms with van der Waals surface area (Å²) >= 11 is 12.1. The number of hydrogen-bond donors (Lipinski definition) is 1. The molecule has 6 heteroatoms. The first-order valence-electron chi connectivity index (χ1n) is 8.20. The Labute approximate surface area is 157 Å². The molecule has 1 N–H and O–H groups in total. The smallest absolute Gasteiger partial charge is 0.407 e. The third kappa shape index (κ3) is 4.09. The molecule has 0 spiro atoms. The summed E-state index contributed by atoms with van der Waals surface area (Å²) in [4.78, 5) is 15.1. The van der Waals surface area contributed by atoms with E-state index < -0.39 is 6.09 Å². The van der Waals surface area contributed by atoms with E-state index in [0.29, 0.717) is 29.7 Å². The van der Waals surface area contributed by atoms with Crippen molar-refractivity contribution in [1.82, 2.24) is 9.80 Å². The molecule has 4 nitrogen and oxygen atoms in total. The van der Waals surface area contributed by atoms with Crippen LogP contribution in [0.3, 0.4) is 0 Å². The number of carboxylic acid groups (broad SMARTS) is 1. The van der Waals surface area contributed by atoms with E-state index in [4.69, 9.17) is 23.2 Å². The zero-order chi connectivity index (χ0) is 18.0. The monoisotopic (exact) mass is 378 g/mol. The van der Waals surface area contributed by atoms with Crippen molar-refractivity contribution in [2.45, 2.75) is 19.0 Å². The molecule has 132 valence electrons. The van der Waals surface area contributed by atoms with E-state index in [1.165, 1.54) is 4.90 Å². The fraction of sp³-hybridized carbons (Fsp3) is 0.316. The Hall–Kier alpha value is -1.75. The molecule has 0 aromatic heterocycles. The SMILES string of the molecule is CC1CN(C(=O)O)CCN1C(c1ccc(Cl)cc1)c1ccc(Cl)cc1. The molecule has 0 bridgehead atoms. The lowest BCUT2D eigenvalue weighted by Crippen LogP contribution is -2.54. The van der Waals surface area contributed by atoms with Gasteiger partial charge in [-0.1, -0.05) is 47.5 Å². The summed E-state index contributed by atoms with van der Waals surface area (Å²) in [6.07, 6.45) is -0.860. The van der Waals surface area contributed by atoms with Gasteiger partial charge in [0.2, 0.25) is 0 Å². The van der Waals surface area contributed by atoms with Gasteiger partial charge in [0.25, 0.3) is 0 Å². The summed E-state index contributed by atoms with van der Waals surface area (Å²) < 4.78 is 0. The molecule has 1 unspecified atom stereocenters. The van der Waals surface area contributed by atoms with Crippen molar-refractivity contribution in [3.05, 3.63) is 69.7 Å². The van der Waals surface area contributed by atoms with Gasteiger partial charge in [-0.05, 0) is 42.3 Å². The summed E-state index contributed by atoms with van der Waals surface area (Å²) in [6.45, 7) is 3.72. The van der Waals surface area contributed by atoms with Gasteiger partial charge in [0.05, 0.1) is 6.04 Å². The fourth-order valence-electron chi connectivity index (χ4n) is 3.39. The molecule has 1 aliphatic heterocycles. The minimum absolute atomic E-state index is 0.0282. The second-order valence-corrected chi connectivity index (χ2v) is 7.19. The standard InChI is InChI=1S/C19H20Cl2N2O2/c1-13-12-22(19(24)25)10-11-23(13)18(14-2-6-16(20)7-3-14)15-4-8-17(21)9-5-15/h2-9,13,18H,10-12H2,1H3,(H,24,25). The number of amides is 1. The molecule has 25 heavy (non-hydrogen) atoms. The van der Waals surface area contributed by atoms with Gasteiger partial charge in [-0.15, -0.1) is 0 Å². The number of halogens is 2. The lowest BCUT2D eigenvalue weighted by Gasteiger charge is -2.43. The molecule has 1 atom stereocenters. The maximum absolute atomic E-state index is 11.3. The maximum atomic E-state index is 11.3. The lowest BCUT2D eigenvalue weighted by atomic mass is 9.95. The van der Waals surface area contributed by atoms with E-state index in [1.807, 2.05) is 48.5 Å². The molecule has 0 aliphatic carbocycles. The van der Waals surface area contributed by atoms with Crippen LogP contribution in [0.25, 0.3) is 0 Å². The molecule has 1 aliphatic rings. The predicted molar refractivity (Wildman–Crippen MR) is 101 cm³/mol.